The summed E-state index contributed by atoms with van der Waals surface area (Å²) in [6, 6.07) is 3.21. The van der Waals surface area contributed by atoms with Crippen molar-refractivity contribution in [2.45, 2.75) is 6.92 Å². The van der Waals surface area contributed by atoms with Crippen molar-refractivity contribution in [2.24, 2.45) is 5.14 Å². The number of halogens is 1. The second-order valence-electron chi connectivity index (χ2n) is 2.41. The van der Waals surface area contributed by atoms with Gasteiger partial charge in [0.15, 0.2) is 0 Å². The summed E-state index contributed by atoms with van der Waals surface area (Å²) in [5, 5.41) is 4.80. The SMILES string of the molecule is Cc1nc(Br)ccc1NS(N)(=O)=O. The summed E-state index contributed by atoms with van der Waals surface area (Å²) in [5.74, 6) is 0. The number of nitrogens with zero attached hydrogens (tertiary/aromatic N) is 1. The summed E-state index contributed by atoms with van der Waals surface area (Å²) >= 11 is 3.16. The molecule has 0 amide bonds. The van der Waals surface area contributed by atoms with Gasteiger partial charge in [0.2, 0.25) is 0 Å². The van der Waals surface area contributed by atoms with Crippen LogP contribution in [0.1, 0.15) is 5.69 Å². The summed E-state index contributed by atoms with van der Waals surface area (Å²) in [6.07, 6.45) is 0. The molecule has 0 atom stereocenters. The van der Waals surface area contributed by atoms with Crippen molar-refractivity contribution in [3.8, 4) is 0 Å². The van der Waals surface area contributed by atoms with Gasteiger partial charge in [-0.15, -0.1) is 0 Å². The maximum atomic E-state index is 10.7. The zero-order chi connectivity index (χ0) is 10.1. The third-order valence-electron chi connectivity index (χ3n) is 1.30. The van der Waals surface area contributed by atoms with E-state index in [-0.39, 0.29) is 0 Å². The molecule has 1 aromatic heterocycles. The minimum Gasteiger partial charge on any atom is -0.269 e. The number of nitrogens with two attached hydrogens (primary N) is 1. The Labute approximate surface area is 84.7 Å². The van der Waals surface area contributed by atoms with Gasteiger partial charge in [-0.2, -0.15) is 8.42 Å². The van der Waals surface area contributed by atoms with Crippen molar-refractivity contribution in [1.29, 1.82) is 0 Å². The first-order valence-corrected chi connectivity index (χ1v) is 5.66. The van der Waals surface area contributed by atoms with Gasteiger partial charge in [0.1, 0.15) is 4.60 Å². The zero-order valence-electron chi connectivity index (χ0n) is 6.78. The van der Waals surface area contributed by atoms with Gasteiger partial charge < -0.3 is 0 Å². The Kier molecular flexibility index (Phi) is 2.89. The van der Waals surface area contributed by atoms with Crippen molar-refractivity contribution >= 4 is 31.8 Å². The number of nitrogens with one attached hydrogen (secondary N) is 1. The molecule has 72 valence electrons. The van der Waals surface area contributed by atoms with Crippen LogP contribution >= 0.6 is 15.9 Å². The molecule has 0 aliphatic rings. The topological polar surface area (TPSA) is 85.1 Å². The van der Waals surface area contributed by atoms with Crippen LogP contribution in [-0.4, -0.2) is 13.4 Å². The van der Waals surface area contributed by atoms with Crippen LogP contribution in [0.25, 0.3) is 0 Å². The van der Waals surface area contributed by atoms with Gasteiger partial charge in [-0.1, -0.05) is 0 Å². The zero-order valence-corrected chi connectivity index (χ0v) is 9.18. The summed E-state index contributed by atoms with van der Waals surface area (Å²) in [6.45, 7) is 1.68. The minimum atomic E-state index is -3.72. The molecule has 0 radical (unpaired) electrons. The van der Waals surface area contributed by atoms with E-state index in [0.29, 0.717) is 16.0 Å². The highest BCUT2D eigenvalue weighted by molar-refractivity contribution is 9.10. The maximum Gasteiger partial charge on any atom is 0.296 e. The van der Waals surface area contributed by atoms with Crippen LogP contribution in [0.3, 0.4) is 0 Å². The molecule has 0 aromatic carbocycles. The summed E-state index contributed by atoms with van der Waals surface area (Å²) in [4.78, 5) is 3.99. The van der Waals surface area contributed by atoms with Crippen molar-refractivity contribution in [1.82, 2.24) is 4.98 Å². The fourth-order valence-electron chi connectivity index (χ4n) is 0.792. The lowest BCUT2D eigenvalue weighted by Crippen LogP contribution is -2.22. The fourth-order valence-corrected chi connectivity index (χ4v) is 1.71. The molecule has 7 heteroatoms. The van der Waals surface area contributed by atoms with Crippen LogP contribution in [0.4, 0.5) is 5.69 Å². The Morgan fingerprint density at radius 2 is 2.15 bits per heavy atom. The normalized spacial score (nSPS) is 11.3. The minimum absolute atomic E-state index is 0.380. The average molecular weight is 266 g/mol. The molecule has 0 aliphatic carbocycles. The first-order chi connectivity index (χ1) is 5.88. The van der Waals surface area contributed by atoms with E-state index in [1.54, 1.807) is 19.1 Å². The smallest absolute Gasteiger partial charge is 0.269 e. The van der Waals surface area contributed by atoms with Gasteiger partial charge in [-0.3, -0.25) is 4.72 Å². The molecule has 0 saturated heterocycles. The third-order valence-corrected chi connectivity index (χ3v) is 2.25. The van der Waals surface area contributed by atoms with Gasteiger partial charge in [0.25, 0.3) is 10.2 Å². The number of aryl methyl sites for hydroxylation is 1. The summed E-state index contributed by atoms with van der Waals surface area (Å²) < 4.78 is 24.1. The Morgan fingerprint density at radius 3 is 2.62 bits per heavy atom. The van der Waals surface area contributed by atoms with Crippen LogP contribution < -0.4 is 9.86 Å². The van der Waals surface area contributed by atoms with Gasteiger partial charge in [0, 0.05) is 0 Å². The highest BCUT2D eigenvalue weighted by atomic mass is 79.9. The van der Waals surface area contributed by atoms with E-state index < -0.39 is 10.2 Å². The molecule has 1 aromatic rings. The maximum absolute atomic E-state index is 10.7. The van der Waals surface area contributed by atoms with Crippen molar-refractivity contribution in [3.05, 3.63) is 22.4 Å². The quantitative estimate of drug-likeness (QED) is 0.775. The molecular weight excluding hydrogens is 258 g/mol. The van der Waals surface area contributed by atoms with Crippen LogP contribution in [0.5, 0.6) is 0 Å². The number of aromatic nitrogens is 1. The van der Waals surface area contributed by atoms with E-state index in [2.05, 4.69) is 25.6 Å². The molecule has 0 saturated carbocycles. The predicted molar refractivity (Wildman–Crippen MR) is 53.4 cm³/mol. The van der Waals surface area contributed by atoms with Crippen LogP contribution in [-0.2, 0) is 10.2 Å². The summed E-state index contributed by atoms with van der Waals surface area (Å²) in [7, 11) is -3.72. The molecule has 3 N–H and O–H groups in total. The third kappa shape index (κ3) is 3.29. The molecule has 1 heterocycles. The standard InChI is InChI=1S/C6H8BrN3O2S/c1-4-5(10-13(8,11)12)2-3-6(7)9-4/h2-3,10H,1H3,(H2,8,11,12). The van der Waals surface area contributed by atoms with Gasteiger partial charge in [-0.05, 0) is 35.0 Å². The number of pyridine rings is 1. The average Bonchev–Trinajstić information content (AvgIpc) is 1.93. The van der Waals surface area contributed by atoms with E-state index in [4.69, 9.17) is 5.14 Å². The number of rotatable bonds is 2. The first kappa shape index (κ1) is 10.4. The molecule has 0 aliphatic heterocycles. The largest absolute Gasteiger partial charge is 0.296 e. The Hall–Kier alpha value is -0.660. The van der Waals surface area contributed by atoms with Gasteiger partial charge >= 0.3 is 0 Å². The highest BCUT2D eigenvalue weighted by Crippen LogP contribution is 2.16. The predicted octanol–water partition coefficient (Wildman–Crippen LogP) is 0.768. The Balaban J connectivity index is 3.04. The molecule has 0 spiro atoms. The van der Waals surface area contributed by atoms with Crippen molar-refractivity contribution in [2.75, 3.05) is 4.72 Å². The lowest BCUT2D eigenvalue weighted by molar-refractivity contribution is 0.603. The highest BCUT2D eigenvalue weighted by Gasteiger charge is 2.05. The van der Waals surface area contributed by atoms with E-state index in [0.717, 1.165) is 0 Å². The molecule has 0 bridgehead atoms. The van der Waals surface area contributed by atoms with Crippen LogP contribution in [0, 0.1) is 6.92 Å². The Bertz CT molecular complexity index is 418. The lowest BCUT2D eigenvalue weighted by atomic mass is 10.3. The second kappa shape index (κ2) is 3.60. The van der Waals surface area contributed by atoms with Crippen LogP contribution in [0.15, 0.2) is 16.7 Å². The van der Waals surface area contributed by atoms with E-state index in [1.807, 2.05) is 0 Å². The number of anilines is 1. The van der Waals surface area contributed by atoms with E-state index in [9.17, 15) is 8.42 Å². The molecule has 1 rings (SSSR count). The lowest BCUT2D eigenvalue weighted by Gasteiger charge is -2.05. The molecule has 13 heavy (non-hydrogen) atoms. The molecular formula is C6H8BrN3O2S. The molecule has 0 unspecified atom stereocenters. The van der Waals surface area contributed by atoms with E-state index in [1.165, 1.54) is 0 Å². The second-order valence-corrected chi connectivity index (χ2v) is 4.52. The molecule has 5 nitrogen and oxygen atoms in total. The number of hydrogen-bond donors (Lipinski definition) is 2. The Morgan fingerprint density at radius 1 is 1.54 bits per heavy atom. The summed E-state index contributed by atoms with van der Waals surface area (Å²) in [5.41, 5.74) is 0.939. The number of hydrogen-bond acceptors (Lipinski definition) is 3. The van der Waals surface area contributed by atoms with Crippen molar-refractivity contribution < 1.29 is 8.42 Å². The van der Waals surface area contributed by atoms with E-state index >= 15 is 0 Å². The van der Waals surface area contributed by atoms with Crippen molar-refractivity contribution in [3.63, 3.8) is 0 Å². The van der Waals surface area contributed by atoms with Gasteiger partial charge in [-0.25, -0.2) is 10.1 Å². The fraction of sp³-hybridized carbons (Fsp3) is 0.167. The molecule has 0 fully saturated rings. The first-order valence-electron chi connectivity index (χ1n) is 3.32. The van der Waals surface area contributed by atoms with Crippen LogP contribution in [0.2, 0.25) is 0 Å². The monoisotopic (exact) mass is 265 g/mol. The van der Waals surface area contributed by atoms with Gasteiger partial charge in [0.05, 0.1) is 11.4 Å².